The van der Waals surface area contributed by atoms with Crippen molar-refractivity contribution in [3.63, 3.8) is 0 Å². The highest BCUT2D eigenvalue weighted by Gasteiger charge is 2.36. The quantitative estimate of drug-likeness (QED) is 0.784. The molecule has 23 heavy (non-hydrogen) atoms. The molecule has 0 radical (unpaired) electrons. The molecule has 1 aromatic heterocycles. The normalized spacial score (nSPS) is 15.1. The number of nitrogens with one attached hydrogen (secondary N) is 1. The summed E-state index contributed by atoms with van der Waals surface area (Å²) >= 11 is 0. The number of hydrogen-bond donors (Lipinski definition) is 1. The van der Waals surface area contributed by atoms with Crippen LogP contribution < -0.4 is 10.3 Å². The van der Waals surface area contributed by atoms with Crippen LogP contribution in [-0.4, -0.2) is 17.1 Å². The number of aromatic nitrogens is 2. The first-order valence-electron chi connectivity index (χ1n) is 7.96. The maximum Gasteiger partial charge on any atom is 0.295 e. The molecule has 0 unspecified atom stereocenters. The maximum absolute atomic E-state index is 14.3. The number of rotatable bonds is 7. The SMILES string of the molecule is COc1ccc2nc(C(F)(F)CCCCC3CC3)c(=O)[nH]c2c1. The van der Waals surface area contributed by atoms with E-state index in [1.807, 2.05) is 0 Å². The molecule has 0 bridgehead atoms. The van der Waals surface area contributed by atoms with Crippen LogP contribution in [0.25, 0.3) is 11.0 Å². The molecule has 4 nitrogen and oxygen atoms in total. The molecule has 1 aliphatic rings. The Morgan fingerprint density at radius 1 is 1.35 bits per heavy atom. The summed E-state index contributed by atoms with van der Waals surface area (Å²) in [5.74, 6) is -1.93. The zero-order valence-corrected chi connectivity index (χ0v) is 13.1. The predicted molar refractivity (Wildman–Crippen MR) is 84.0 cm³/mol. The van der Waals surface area contributed by atoms with Crippen LogP contribution in [0.4, 0.5) is 8.78 Å². The van der Waals surface area contributed by atoms with Gasteiger partial charge < -0.3 is 9.72 Å². The minimum Gasteiger partial charge on any atom is -0.497 e. The summed E-state index contributed by atoms with van der Waals surface area (Å²) in [4.78, 5) is 18.4. The van der Waals surface area contributed by atoms with Crippen molar-refractivity contribution in [3.05, 3.63) is 34.2 Å². The number of hydrogen-bond acceptors (Lipinski definition) is 3. The second-order valence-electron chi connectivity index (χ2n) is 6.19. The van der Waals surface area contributed by atoms with Gasteiger partial charge in [0.1, 0.15) is 5.75 Å². The van der Waals surface area contributed by atoms with Gasteiger partial charge in [-0.2, -0.15) is 8.78 Å². The first-order valence-corrected chi connectivity index (χ1v) is 7.96. The van der Waals surface area contributed by atoms with Gasteiger partial charge in [-0.1, -0.05) is 25.7 Å². The van der Waals surface area contributed by atoms with Gasteiger partial charge in [0.25, 0.3) is 11.5 Å². The van der Waals surface area contributed by atoms with Crippen LogP contribution >= 0.6 is 0 Å². The van der Waals surface area contributed by atoms with E-state index in [0.717, 1.165) is 18.8 Å². The Balaban J connectivity index is 1.79. The number of halogens is 2. The molecular formula is C17H20F2N2O2. The highest BCUT2D eigenvalue weighted by atomic mass is 19.3. The molecule has 0 aliphatic heterocycles. The lowest BCUT2D eigenvalue weighted by atomic mass is 10.1. The van der Waals surface area contributed by atoms with E-state index in [1.54, 1.807) is 18.2 Å². The van der Waals surface area contributed by atoms with E-state index in [-0.39, 0.29) is 6.42 Å². The van der Waals surface area contributed by atoms with Crippen molar-refractivity contribution < 1.29 is 13.5 Å². The number of nitrogens with zero attached hydrogens (tertiary/aromatic N) is 1. The van der Waals surface area contributed by atoms with Gasteiger partial charge in [-0.05, 0) is 24.5 Å². The Morgan fingerprint density at radius 3 is 2.83 bits per heavy atom. The van der Waals surface area contributed by atoms with E-state index < -0.39 is 17.2 Å². The maximum atomic E-state index is 14.3. The Kier molecular flexibility index (Phi) is 4.33. The van der Waals surface area contributed by atoms with Gasteiger partial charge in [-0.3, -0.25) is 4.79 Å². The molecule has 0 atom stereocenters. The monoisotopic (exact) mass is 322 g/mol. The van der Waals surface area contributed by atoms with Crippen molar-refractivity contribution in [3.8, 4) is 5.75 Å². The summed E-state index contributed by atoms with van der Waals surface area (Å²) in [5, 5.41) is 0. The number of ether oxygens (including phenoxy) is 1. The van der Waals surface area contributed by atoms with Crippen molar-refractivity contribution in [1.29, 1.82) is 0 Å². The number of alkyl halides is 2. The molecule has 1 aromatic carbocycles. The fourth-order valence-electron chi connectivity index (χ4n) is 2.75. The van der Waals surface area contributed by atoms with Crippen LogP contribution in [0.3, 0.4) is 0 Å². The van der Waals surface area contributed by atoms with E-state index in [2.05, 4.69) is 9.97 Å². The number of methoxy groups -OCH3 is 1. The Morgan fingerprint density at radius 2 is 2.13 bits per heavy atom. The average Bonchev–Trinajstić information content (AvgIpc) is 3.34. The highest BCUT2D eigenvalue weighted by Crippen LogP contribution is 2.36. The van der Waals surface area contributed by atoms with Crippen molar-refractivity contribution in [2.75, 3.05) is 7.11 Å². The van der Waals surface area contributed by atoms with Crippen molar-refractivity contribution in [2.24, 2.45) is 5.92 Å². The van der Waals surface area contributed by atoms with E-state index in [0.29, 0.717) is 23.2 Å². The molecule has 3 rings (SSSR count). The lowest BCUT2D eigenvalue weighted by molar-refractivity contribution is -0.0214. The fraction of sp³-hybridized carbons (Fsp3) is 0.529. The van der Waals surface area contributed by atoms with Gasteiger partial charge in [0, 0.05) is 12.5 Å². The molecule has 2 aromatic rings. The van der Waals surface area contributed by atoms with Gasteiger partial charge in [0.15, 0.2) is 5.69 Å². The van der Waals surface area contributed by atoms with Gasteiger partial charge in [0.05, 0.1) is 18.1 Å². The smallest absolute Gasteiger partial charge is 0.295 e. The highest BCUT2D eigenvalue weighted by molar-refractivity contribution is 5.75. The molecule has 6 heteroatoms. The standard InChI is InChI=1S/C17H20F2N2O2/c1-23-12-7-8-13-14(10-12)21-16(22)15(20-13)17(18,19)9-3-2-4-11-5-6-11/h7-8,10-11H,2-6,9H2,1H3,(H,21,22). The van der Waals surface area contributed by atoms with Gasteiger partial charge in [0.2, 0.25) is 0 Å². The first kappa shape index (κ1) is 15.9. The average molecular weight is 322 g/mol. The summed E-state index contributed by atoms with van der Waals surface area (Å²) in [6, 6.07) is 4.77. The third kappa shape index (κ3) is 3.68. The minimum absolute atomic E-state index is 0.332. The summed E-state index contributed by atoms with van der Waals surface area (Å²) in [7, 11) is 1.50. The van der Waals surface area contributed by atoms with Crippen molar-refractivity contribution >= 4 is 11.0 Å². The predicted octanol–water partition coefficient (Wildman–Crippen LogP) is 3.99. The number of benzene rings is 1. The second kappa shape index (κ2) is 6.26. The summed E-state index contributed by atoms with van der Waals surface area (Å²) in [6.07, 6.45) is 4.32. The van der Waals surface area contributed by atoms with Crippen molar-refractivity contribution in [1.82, 2.24) is 9.97 Å². The molecule has 0 amide bonds. The molecular weight excluding hydrogens is 302 g/mol. The van der Waals surface area contributed by atoms with Crippen LogP contribution in [-0.2, 0) is 5.92 Å². The van der Waals surface area contributed by atoms with E-state index in [9.17, 15) is 13.6 Å². The number of H-pyrrole nitrogens is 1. The molecule has 1 fully saturated rings. The van der Waals surface area contributed by atoms with E-state index in [1.165, 1.54) is 20.0 Å². The molecule has 0 spiro atoms. The van der Waals surface area contributed by atoms with Crippen molar-refractivity contribution in [2.45, 2.75) is 44.4 Å². The Hall–Kier alpha value is -1.98. The lowest BCUT2D eigenvalue weighted by Gasteiger charge is -2.15. The van der Waals surface area contributed by atoms with Gasteiger partial charge >= 0.3 is 0 Å². The zero-order valence-electron chi connectivity index (χ0n) is 13.1. The summed E-state index contributed by atoms with van der Waals surface area (Å²) in [5.41, 5.74) is -0.805. The molecule has 1 N–H and O–H groups in total. The van der Waals surface area contributed by atoms with Crippen LogP contribution in [0, 0.1) is 5.92 Å². The van der Waals surface area contributed by atoms with Crippen LogP contribution in [0.1, 0.15) is 44.2 Å². The first-order chi connectivity index (χ1) is 11.0. The molecule has 1 heterocycles. The third-order valence-corrected chi connectivity index (χ3v) is 4.30. The van der Waals surface area contributed by atoms with Gasteiger partial charge in [-0.15, -0.1) is 0 Å². The number of fused-ring (bicyclic) bond motifs is 1. The van der Waals surface area contributed by atoms with E-state index >= 15 is 0 Å². The Bertz CT molecular complexity index is 754. The second-order valence-corrected chi connectivity index (χ2v) is 6.19. The van der Waals surface area contributed by atoms with Crippen LogP contribution in [0.15, 0.2) is 23.0 Å². The zero-order chi connectivity index (χ0) is 16.4. The molecule has 1 aliphatic carbocycles. The topological polar surface area (TPSA) is 55.0 Å². The van der Waals surface area contributed by atoms with Crippen LogP contribution in [0.2, 0.25) is 0 Å². The minimum atomic E-state index is -3.20. The molecule has 1 saturated carbocycles. The number of unbranched alkanes of at least 4 members (excludes halogenated alkanes) is 1. The largest absolute Gasteiger partial charge is 0.497 e. The third-order valence-electron chi connectivity index (χ3n) is 4.30. The lowest BCUT2D eigenvalue weighted by Crippen LogP contribution is -2.27. The van der Waals surface area contributed by atoms with Gasteiger partial charge in [-0.25, -0.2) is 4.98 Å². The summed E-state index contributed by atoms with van der Waals surface area (Å²) in [6.45, 7) is 0. The molecule has 124 valence electrons. The summed E-state index contributed by atoms with van der Waals surface area (Å²) < 4.78 is 33.7. The van der Waals surface area contributed by atoms with E-state index in [4.69, 9.17) is 4.74 Å². The Labute approximate surface area is 132 Å². The molecule has 0 saturated heterocycles. The fourth-order valence-corrected chi connectivity index (χ4v) is 2.75. The number of aromatic amines is 1. The van der Waals surface area contributed by atoms with Crippen LogP contribution in [0.5, 0.6) is 5.75 Å².